The van der Waals surface area contributed by atoms with E-state index in [2.05, 4.69) is 10.0 Å². The van der Waals surface area contributed by atoms with E-state index in [0.717, 1.165) is 16.4 Å². The van der Waals surface area contributed by atoms with E-state index in [1.807, 2.05) is 0 Å². The predicted octanol–water partition coefficient (Wildman–Crippen LogP) is 5.19. The van der Waals surface area contributed by atoms with Crippen LogP contribution < -0.4 is 14.3 Å². The zero-order valence-electron chi connectivity index (χ0n) is 21.4. The normalized spacial score (nSPS) is 11.5. The van der Waals surface area contributed by atoms with Crippen molar-refractivity contribution in [3.8, 4) is 0 Å². The number of nitrogens with zero attached hydrogens (tertiary/aromatic N) is 2. The minimum absolute atomic E-state index is 0.0836. The molecule has 11 nitrogen and oxygen atoms in total. The van der Waals surface area contributed by atoms with Crippen LogP contribution in [-0.4, -0.2) is 34.2 Å². The number of nitrogens with one attached hydrogen (secondary N) is 2. The van der Waals surface area contributed by atoms with Crippen LogP contribution in [0.2, 0.25) is 5.02 Å². The third-order valence-corrected chi connectivity index (χ3v) is 9.53. The number of nitro benzene ring substituents is 1. The molecule has 0 bridgehead atoms. The van der Waals surface area contributed by atoms with E-state index in [1.165, 1.54) is 48.5 Å². The highest BCUT2D eigenvalue weighted by Gasteiger charge is 2.33. The highest BCUT2D eigenvalue weighted by Crippen LogP contribution is 2.30. The van der Waals surface area contributed by atoms with Gasteiger partial charge in [-0.1, -0.05) is 48.0 Å². The molecule has 4 aromatic rings. The van der Waals surface area contributed by atoms with Gasteiger partial charge in [0.15, 0.2) is 4.90 Å². The van der Waals surface area contributed by atoms with Crippen LogP contribution in [0.25, 0.3) is 0 Å². The molecular weight excluding hydrogens is 592 g/mol. The molecule has 0 radical (unpaired) electrons. The minimum Gasteiger partial charge on any atom is -0.325 e. The SMILES string of the molecule is Cc1c(Cl)cccc1NS(=O)(=O)c1ccc(NC(=O)CN(c2ccccc2)S(=O)(=O)c2ccccc2[N+](=O)[O-])cc1. The fourth-order valence-electron chi connectivity index (χ4n) is 3.82. The van der Waals surface area contributed by atoms with E-state index in [9.17, 15) is 31.7 Å². The molecule has 41 heavy (non-hydrogen) atoms. The van der Waals surface area contributed by atoms with E-state index in [1.54, 1.807) is 43.3 Å². The topological polar surface area (TPSA) is 156 Å². The van der Waals surface area contributed by atoms with E-state index >= 15 is 0 Å². The Morgan fingerprint density at radius 2 is 1.51 bits per heavy atom. The zero-order chi connectivity index (χ0) is 29.8. The zero-order valence-corrected chi connectivity index (χ0v) is 23.8. The van der Waals surface area contributed by atoms with Crippen LogP contribution in [0.15, 0.2) is 107 Å². The van der Waals surface area contributed by atoms with Gasteiger partial charge in [0.05, 0.1) is 21.2 Å². The number of carbonyl (C=O) groups is 1. The smallest absolute Gasteiger partial charge is 0.289 e. The van der Waals surface area contributed by atoms with Crippen LogP contribution in [0.5, 0.6) is 0 Å². The molecule has 0 aromatic heterocycles. The van der Waals surface area contributed by atoms with Crippen molar-refractivity contribution in [2.24, 2.45) is 0 Å². The van der Waals surface area contributed by atoms with Gasteiger partial charge in [-0.25, -0.2) is 16.8 Å². The van der Waals surface area contributed by atoms with Crippen LogP contribution in [0, 0.1) is 17.0 Å². The molecule has 0 heterocycles. The lowest BCUT2D eigenvalue weighted by atomic mass is 10.2. The highest BCUT2D eigenvalue weighted by molar-refractivity contribution is 7.93. The molecule has 4 aromatic carbocycles. The Morgan fingerprint density at radius 1 is 0.878 bits per heavy atom. The molecule has 0 saturated carbocycles. The Balaban J connectivity index is 1.56. The minimum atomic E-state index is -4.55. The molecule has 0 aliphatic heterocycles. The summed E-state index contributed by atoms with van der Waals surface area (Å²) >= 11 is 6.07. The Bertz CT molecular complexity index is 1820. The van der Waals surface area contributed by atoms with Crippen molar-refractivity contribution in [2.75, 3.05) is 20.9 Å². The number of para-hydroxylation sites is 2. The van der Waals surface area contributed by atoms with Crippen LogP contribution in [-0.2, 0) is 24.8 Å². The van der Waals surface area contributed by atoms with E-state index in [4.69, 9.17) is 11.6 Å². The molecule has 0 atom stereocenters. The van der Waals surface area contributed by atoms with Gasteiger partial charge in [-0.15, -0.1) is 0 Å². The average Bonchev–Trinajstić information content (AvgIpc) is 2.95. The number of nitro groups is 1. The molecule has 0 aliphatic rings. The van der Waals surface area contributed by atoms with Gasteiger partial charge in [-0.2, -0.15) is 0 Å². The number of hydrogen-bond donors (Lipinski definition) is 2. The Morgan fingerprint density at radius 3 is 2.17 bits per heavy atom. The molecule has 4 rings (SSSR count). The number of benzene rings is 4. The molecule has 0 saturated heterocycles. The summed E-state index contributed by atoms with van der Waals surface area (Å²) in [5.41, 5.74) is 0.553. The summed E-state index contributed by atoms with van der Waals surface area (Å²) in [6.07, 6.45) is 0. The van der Waals surface area contributed by atoms with Gasteiger partial charge in [0.2, 0.25) is 5.91 Å². The Kier molecular flexibility index (Phi) is 8.61. The Hall–Kier alpha value is -4.46. The van der Waals surface area contributed by atoms with Crippen LogP contribution in [0.3, 0.4) is 0 Å². The molecule has 1 amide bonds. The summed E-state index contributed by atoms with van der Waals surface area (Å²) in [6, 6.07) is 22.6. The molecule has 14 heteroatoms. The number of amides is 1. The number of halogens is 1. The van der Waals surface area contributed by atoms with Crippen LogP contribution >= 0.6 is 11.6 Å². The second-order valence-electron chi connectivity index (χ2n) is 8.66. The quantitative estimate of drug-likeness (QED) is 0.184. The summed E-state index contributed by atoms with van der Waals surface area (Å²) in [4.78, 5) is 23.0. The summed E-state index contributed by atoms with van der Waals surface area (Å²) in [7, 11) is -8.52. The number of sulfonamides is 2. The third kappa shape index (κ3) is 6.65. The van der Waals surface area contributed by atoms with Crippen LogP contribution in [0.1, 0.15) is 5.56 Å². The molecular formula is C27H23ClN4O7S2. The van der Waals surface area contributed by atoms with Crippen molar-refractivity contribution in [3.05, 3.63) is 118 Å². The van der Waals surface area contributed by atoms with Crippen LogP contribution in [0.4, 0.5) is 22.7 Å². The maximum Gasteiger partial charge on any atom is 0.289 e. The van der Waals surface area contributed by atoms with Gasteiger partial charge in [0.25, 0.3) is 25.7 Å². The molecule has 212 valence electrons. The lowest BCUT2D eigenvalue weighted by molar-refractivity contribution is -0.387. The van der Waals surface area contributed by atoms with Gasteiger partial charge >= 0.3 is 0 Å². The van der Waals surface area contributed by atoms with E-state index in [0.29, 0.717) is 16.3 Å². The third-order valence-electron chi connectivity index (χ3n) is 5.92. The fraction of sp³-hybridized carbons (Fsp3) is 0.0741. The van der Waals surface area contributed by atoms with Crippen molar-refractivity contribution in [3.63, 3.8) is 0 Å². The first-order valence-electron chi connectivity index (χ1n) is 11.9. The largest absolute Gasteiger partial charge is 0.325 e. The maximum atomic E-state index is 13.6. The number of rotatable bonds is 10. The second-order valence-corrected chi connectivity index (χ2v) is 12.6. The molecule has 0 unspecified atom stereocenters. The monoisotopic (exact) mass is 614 g/mol. The van der Waals surface area contributed by atoms with Crippen molar-refractivity contribution in [2.45, 2.75) is 16.7 Å². The van der Waals surface area contributed by atoms with E-state index in [-0.39, 0.29) is 16.3 Å². The number of carbonyl (C=O) groups excluding carboxylic acids is 1. The lowest BCUT2D eigenvalue weighted by Crippen LogP contribution is -2.38. The summed E-state index contributed by atoms with van der Waals surface area (Å²) in [5.74, 6) is -0.765. The van der Waals surface area contributed by atoms with Gasteiger partial charge in [0, 0.05) is 16.8 Å². The highest BCUT2D eigenvalue weighted by atomic mass is 35.5. The predicted molar refractivity (Wildman–Crippen MR) is 156 cm³/mol. The molecule has 2 N–H and O–H groups in total. The van der Waals surface area contributed by atoms with Gasteiger partial charge in [0.1, 0.15) is 6.54 Å². The first-order chi connectivity index (χ1) is 19.4. The standard InChI is InChI=1S/C27H23ClN4O7S2/c1-19-23(28)10-7-11-24(19)30-40(36,37)22-16-14-20(15-17-22)29-27(33)18-31(21-8-3-2-4-9-21)41(38,39)26-13-6-5-12-25(26)32(34)35/h2-17,30H,18H2,1H3,(H,29,33). The number of hydrogen-bond acceptors (Lipinski definition) is 7. The summed E-state index contributed by atoms with van der Waals surface area (Å²) < 4.78 is 56.1. The van der Waals surface area contributed by atoms with Crippen molar-refractivity contribution in [1.29, 1.82) is 0 Å². The summed E-state index contributed by atoms with van der Waals surface area (Å²) in [6.45, 7) is 0.960. The fourth-order valence-corrected chi connectivity index (χ4v) is 6.70. The lowest BCUT2D eigenvalue weighted by Gasteiger charge is -2.24. The van der Waals surface area contributed by atoms with Crippen molar-refractivity contribution >= 4 is 60.3 Å². The van der Waals surface area contributed by atoms with Gasteiger partial charge < -0.3 is 5.32 Å². The number of anilines is 3. The first kappa shape index (κ1) is 29.5. The average molecular weight is 615 g/mol. The second kappa shape index (κ2) is 12.0. The van der Waals surface area contributed by atoms with E-state index < -0.39 is 48.0 Å². The van der Waals surface area contributed by atoms with Gasteiger partial charge in [-0.05, 0) is 67.1 Å². The first-order valence-corrected chi connectivity index (χ1v) is 15.2. The summed E-state index contributed by atoms with van der Waals surface area (Å²) in [5, 5.41) is 14.4. The molecule has 0 aliphatic carbocycles. The molecule has 0 fully saturated rings. The Labute approximate surface area is 241 Å². The maximum absolute atomic E-state index is 13.6. The van der Waals surface area contributed by atoms with Crippen molar-refractivity contribution < 1.29 is 26.6 Å². The van der Waals surface area contributed by atoms with Gasteiger partial charge in [-0.3, -0.25) is 23.9 Å². The molecule has 0 spiro atoms. The van der Waals surface area contributed by atoms with Crippen molar-refractivity contribution in [1.82, 2.24) is 0 Å².